The molecule has 20 heavy (non-hydrogen) atoms. The normalized spacial score (nSPS) is 19.0. The van der Waals surface area contributed by atoms with Crippen LogP contribution in [0.2, 0.25) is 0 Å². The summed E-state index contributed by atoms with van der Waals surface area (Å²) in [6.07, 6.45) is 5.94. The molecule has 1 saturated carbocycles. The van der Waals surface area contributed by atoms with E-state index in [4.69, 9.17) is 0 Å². The van der Waals surface area contributed by atoms with Crippen LogP contribution in [0.4, 0.5) is 5.82 Å². The molecule has 0 aliphatic heterocycles. The van der Waals surface area contributed by atoms with E-state index in [1.807, 2.05) is 13.2 Å². The standard InChI is InChI=1S/C16H27N3O/c1-4-17-13(2)14-7-10-18-15(11-14)19(3)12-16(20)8-5-6-9-16/h7,10-11,13,17,20H,4-6,8-9,12H2,1-3H3. The smallest absolute Gasteiger partial charge is 0.128 e. The van der Waals surface area contributed by atoms with Crippen LogP contribution in [0.5, 0.6) is 0 Å². The van der Waals surface area contributed by atoms with E-state index in [2.05, 4.69) is 41.2 Å². The summed E-state index contributed by atoms with van der Waals surface area (Å²) in [5.41, 5.74) is 0.710. The minimum atomic E-state index is -0.528. The molecule has 1 aromatic rings. The maximum Gasteiger partial charge on any atom is 0.128 e. The molecule has 112 valence electrons. The number of likely N-dealkylation sites (N-methyl/N-ethyl adjacent to an activating group) is 1. The van der Waals surface area contributed by atoms with Crippen LogP contribution < -0.4 is 10.2 Å². The van der Waals surface area contributed by atoms with Crippen LogP contribution in [0, 0.1) is 0 Å². The highest BCUT2D eigenvalue weighted by atomic mass is 16.3. The average Bonchev–Trinajstić information content (AvgIpc) is 2.85. The van der Waals surface area contributed by atoms with Gasteiger partial charge in [-0.3, -0.25) is 0 Å². The van der Waals surface area contributed by atoms with Gasteiger partial charge in [0.05, 0.1) is 5.60 Å². The molecule has 0 saturated heterocycles. The van der Waals surface area contributed by atoms with E-state index in [9.17, 15) is 5.11 Å². The zero-order chi connectivity index (χ0) is 14.6. The highest BCUT2D eigenvalue weighted by molar-refractivity contribution is 5.41. The first-order chi connectivity index (χ1) is 9.54. The van der Waals surface area contributed by atoms with Crippen LogP contribution in [0.1, 0.15) is 51.1 Å². The lowest BCUT2D eigenvalue weighted by molar-refractivity contribution is 0.0558. The Morgan fingerprint density at radius 1 is 1.45 bits per heavy atom. The fourth-order valence-corrected chi connectivity index (χ4v) is 3.05. The molecule has 4 heteroatoms. The molecule has 4 nitrogen and oxygen atoms in total. The van der Waals surface area contributed by atoms with E-state index in [1.165, 1.54) is 5.56 Å². The topological polar surface area (TPSA) is 48.4 Å². The Balaban J connectivity index is 2.06. The molecule has 1 fully saturated rings. The summed E-state index contributed by atoms with van der Waals surface area (Å²) in [6.45, 7) is 5.89. The van der Waals surface area contributed by atoms with Crippen LogP contribution in [0.25, 0.3) is 0 Å². The largest absolute Gasteiger partial charge is 0.388 e. The molecular weight excluding hydrogens is 250 g/mol. The number of aromatic nitrogens is 1. The van der Waals surface area contributed by atoms with Gasteiger partial charge in [0.2, 0.25) is 0 Å². The van der Waals surface area contributed by atoms with Crippen molar-refractivity contribution in [2.45, 2.75) is 51.2 Å². The summed E-state index contributed by atoms with van der Waals surface area (Å²) in [5.74, 6) is 0.938. The number of aliphatic hydroxyl groups is 1. The van der Waals surface area contributed by atoms with Gasteiger partial charge in [0, 0.05) is 25.8 Å². The number of anilines is 1. The van der Waals surface area contributed by atoms with Crippen LogP contribution in [-0.4, -0.2) is 35.8 Å². The highest BCUT2D eigenvalue weighted by Crippen LogP contribution is 2.31. The van der Waals surface area contributed by atoms with Crippen LogP contribution in [0.3, 0.4) is 0 Å². The van der Waals surface area contributed by atoms with E-state index in [1.54, 1.807) is 0 Å². The van der Waals surface area contributed by atoms with Gasteiger partial charge in [0.15, 0.2) is 0 Å². The molecule has 0 bridgehead atoms. The Kier molecular flexibility index (Phi) is 5.00. The first kappa shape index (κ1) is 15.3. The van der Waals surface area contributed by atoms with Crippen molar-refractivity contribution >= 4 is 5.82 Å². The van der Waals surface area contributed by atoms with Gasteiger partial charge in [-0.05, 0) is 44.0 Å². The molecule has 1 atom stereocenters. The van der Waals surface area contributed by atoms with Crippen molar-refractivity contribution in [1.82, 2.24) is 10.3 Å². The van der Waals surface area contributed by atoms with Gasteiger partial charge in [0.1, 0.15) is 5.82 Å². The summed E-state index contributed by atoms with van der Waals surface area (Å²) >= 11 is 0. The molecule has 0 radical (unpaired) electrons. The molecule has 0 aromatic carbocycles. The number of hydrogen-bond donors (Lipinski definition) is 2. The third kappa shape index (κ3) is 3.70. The minimum Gasteiger partial charge on any atom is -0.388 e. The van der Waals surface area contributed by atoms with Crippen molar-refractivity contribution in [2.24, 2.45) is 0 Å². The number of hydrogen-bond acceptors (Lipinski definition) is 4. The Hall–Kier alpha value is -1.13. The number of nitrogens with zero attached hydrogens (tertiary/aromatic N) is 2. The second-order valence-corrected chi connectivity index (χ2v) is 6.01. The molecule has 1 aliphatic carbocycles. The maximum atomic E-state index is 10.5. The second kappa shape index (κ2) is 6.55. The van der Waals surface area contributed by atoms with Gasteiger partial charge in [-0.15, -0.1) is 0 Å². The minimum absolute atomic E-state index is 0.324. The quantitative estimate of drug-likeness (QED) is 0.839. The Bertz CT molecular complexity index is 429. The maximum absolute atomic E-state index is 10.5. The molecule has 0 spiro atoms. The predicted molar refractivity (Wildman–Crippen MR) is 83.0 cm³/mol. The van der Waals surface area contributed by atoms with Crippen molar-refractivity contribution in [3.05, 3.63) is 23.9 Å². The molecule has 0 amide bonds. The lowest BCUT2D eigenvalue weighted by Gasteiger charge is -2.29. The van der Waals surface area contributed by atoms with Crippen LogP contribution >= 0.6 is 0 Å². The number of nitrogens with one attached hydrogen (secondary N) is 1. The molecule has 1 heterocycles. The van der Waals surface area contributed by atoms with E-state index in [0.717, 1.165) is 38.0 Å². The molecule has 1 aliphatic rings. The Morgan fingerprint density at radius 3 is 2.80 bits per heavy atom. The van der Waals surface area contributed by atoms with Crippen molar-refractivity contribution in [2.75, 3.05) is 25.0 Å². The molecule has 1 aromatic heterocycles. The van der Waals surface area contributed by atoms with Gasteiger partial charge in [-0.25, -0.2) is 4.98 Å². The summed E-state index contributed by atoms with van der Waals surface area (Å²) in [4.78, 5) is 6.52. The van der Waals surface area contributed by atoms with E-state index < -0.39 is 5.60 Å². The summed E-state index contributed by atoms with van der Waals surface area (Å²) in [5, 5.41) is 13.9. The fourth-order valence-electron chi connectivity index (χ4n) is 3.05. The van der Waals surface area contributed by atoms with E-state index in [-0.39, 0.29) is 0 Å². The molecule has 2 N–H and O–H groups in total. The Morgan fingerprint density at radius 2 is 2.15 bits per heavy atom. The van der Waals surface area contributed by atoms with Crippen LogP contribution in [-0.2, 0) is 0 Å². The van der Waals surface area contributed by atoms with Crippen molar-refractivity contribution in [3.8, 4) is 0 Å². The van der Waals surface area contributed by atoms with Crippen molar-refractivity contribution < 1.29 is 5.11 Å². The van der Waals surface area contributed by atoms with E-state index in [0.29, 0.717) is 12.6 Å². The SMILES string of the molecule is CCNC(C)c1ccnc(N(C)CC2(O)CCCC2)c1. The van der Waals surface area contributed by atoms with Gasteiger partial charge >= 0.3 is 0 Å². The summed E-state index contributed by atoms with van der Waals surface area (Å²) in [6, 6.07) is 4.49. The molecule has 2 rings (SSSR count). The number of rotatable bonds is 6. The third-order valence-corrected chi connectivity index (χ3v) is 4.24. The van der Waals surface area contributed by atoms with Gasteiger partial charge in [-0.2, -0.15) is 0 Å². The fraction of sp³-hybridized carbons (Fsp3) is 0.688. The lowest BCUT2D eigenvalue weighted by Crippen LogP contribution is -2.39. The first-order valence-corrected chi connectivity index (χ1v) is 7.67. The highest BCUT2D eigenvalue weighted by Gasteiger charge is 2.32. The third-order valence-electron chi connectivity index (χ3n) is 4.24. The predicted octanol–water partition coefficient (Wildman–Crippen LogP) is 2.49. The van der Waals surface area contributed by atoms with Crippen molar-refractivity contribution in [1.29, 1.82) is 0 Å². The van der Waals surface area contributed by atoms with Gasteiger partial charge in [-0.1, -0.05) is 19.8 Å². The van der Waals surface area contributed by atoms with Gasteiger partial charge in [0.25, 0.3) is 0 Å². The monoisotopic (exact) mass is 277 g/mol. The van der Waals surface area contributed by atoms with Crippen molar-refractivity contribution in [3.63, 3.8) is 0 Å². The zero-order valence-corrected chi connectivity index (χ0v) is 12.9. The Labute approximate surface area is 122 Å². The second-order valence-electron chi connectivity index (χ2n) is 6.01. The molecular formula is C16H27N3O. The van der Waals surface area contributed by atoms with E-state index >= 15 is 0 Å². The summed E-state index contributed by atoms with van der Waals surface area (Å²) in [7, 11) is 2.01. The average molecular weight is 277 g/mol. The molecule has 1 unspecified atom stereocenters. The first-order valence-electron chi connectivity index (χ1n) is 7.67. The van der Waals surface area contributed by atoms with Gasteiger partial charge < -0.3 is 15.3 Å². The number of pyridine rings is 1. The zero-order valence-electron chi connectivity index (χ0n) is 12.9. The van der Waals surface area contributed by atoms with Crippen LogP contribution in [0.15, 0.2) is 18.3 Å². The summed E-state index contributed by atoms with van der Waals surface area (Å²) < 4.78 is 0. The lowest BCUT2D eigenvalue weighted by atomic mass is 10.0.